The number of carbonyl (C=O) groups is 2. The van der Waals surface area contributed by atoms with Crippen LogP contribution in [0.3, 0.4) is 0 Å². The maximum Gasteiger partial charge on any atom is 0.262 e. The molecule has 0 saturated heterocycles. The molecule has 0 atom stereocenters. The summed E-state index contributed by atoms with van der Waals surface area (Å²) in [5.74, 6) is 1.09. The fraction of sp³-hybridized carbons (Fsp3) is 0.333. The predicted octanol–water partition coefficient (Wildman–Crippen LogP) is 2.94. The SMILES string of the molecule is COc1ccccc1OCC(=O)Nc1cc2c3c(c1)CCC(=O)N3CCC2. The number of rotatable bonds is 5. The lowest BCUT2D eigenvalue weighted by molar-refractivity contribution is -0.119. The van der Waals surface area contributed by atoms with Gasteiger partial charge in [-0.3, -0.25) is 9.59 Å². The number of anilines is 2. The van der Waals surface area contributed by atoms with E-state index < -0.39 is 0 Å². The molecule has 2 aromatic rings. The van der Waals surface area contributed by atoms with Crippen LogP contribution < -0.4 is 19.7 Å². The topological polar surface area (TPSA) is 67.9 Å². The van der Waals surface area contributed by atoms with E-state index in [1.165, 1.54) is 0 Å². The molecule has 2 aromatic carbocycles. The number of benzene rings is 2. The monoisotopic (exact) mass is 366 g/mol. The Kier molecular flexibility index (Phi) is 4.71. The Hall–Kier alpha value is -3.02. The molecule has 2 amide bonds. The molecule has 0 bridgehead atoms. The van der Waals surface area contributed by atoms with Crippen molar-refractivity contribution in [2.45, 2.75) is 25.7 Å². The van der Waals surface area contributed by atoms with E-state index in [-0.39, 0.29) is 18.4 Å². The van der Waals surface area contributed by atoms with Gasteiger partial charge in [0, 0.05) is 18.7 Å². The van der Waals surface area contributed by atoms with Gasteiger partial charge in [-0.15, -0.1) is 0 Å². The van der Waals surface area contributed by atoms with E-state index in [0.29, 0.717) is 17.9 Å². The highest BCUT2D eigenvalue weighted by molar-refractivity contribution is 5.99. The molecular formula is C21H22N2O4. The number of amides is 2. The van der Waals surface area contributed by atoms with Crippen LogP contribution in [0.5, 0.6) is 11.5 Å². The van der Waals surface area contributed by atoms with Gasteiger partial charge in [-0.2, -0.15) is 0 Å². The summed E-state index contributed by atoms with van der Waals surface area (Å²) in [6.45, 7) is 0.689. The molecule has 0 unspecified atom stereocenters. The summed E-state index contributed by atoms with van der Waals surface area (Å²) < 4.78 is 10.8. The average molecular weight is 366 g/mol. The zero-order chi connectivity index (χ0) is 18.8. The molecular weight excluding hydrogens is 344 g/mol. The number of carbonyl (C=O) groups excluding carboxylic acids is 2. The number of ether oxygens (including phenoxy) is 2. The van der Waals surface area contributed by atoms with Gasteiger partial charge in [0.2, 0.25) is 5.91 Å². The summed E-state index contributed by atoms with van der Waals surface area (Å²) in [6, 6.07) is 11.2. The first-order valence-electron chi connectivity index (χ1n) is 9.17. The third kappa shape index (κ3) is 3.47. The third-order valence-electron chi connectivity index (χ3n) is 4.99. The smallest absolute Gasteiger partial charge is 0.262 e. The largest absolute Gasteiger partial charge is 0.493 e. The van der Waals surface area contributed by atoms with E-state index in [1.54, 1.807) is 19.2 Å². The van der Waals surface area contributed by atoms with Crippen molar-refractivity contribution >= 4 is 23.2 Å². The van der Waals surface area contributed by atoms with Crippen LogP contribution in [-0.4, -0.2) is 32.1 Å². The number of para-hydroxylation sites is 2. The van der Waals surface area contributed by atoms with Gasteiger partial charge in [-0.25, -0.2) is 0 Å². The van der Waals surface area contributed by atoms with Gasteiger partial charge in [-0.1, -0.05) is 12.1 Å². The van der Waals surface area contributed by atoms with Crippen LogP contribution in [0.15, 0.2) is 36.4 Å². The molecule has 0 fully saturated rings. The average Bonchev–Trinajstić information content (AvgIpc) is 2.69. The summed E-state index contributed by atoms with van der Waals surface area (Å²) in [5, 5.41) is 2.92. The summed E-state index contributed by atoms with van der Waals surface area (Å²) in [4.78, 5) is 26.4. The van der Waals surface area contributed by atoms with Gasteiger partial charge in [0.1, 0.15) is 0 Å². The minimum absolute atomic E-state index is 0.0998. The molecule has 140 valence electrons. The molecule has 0 aliphatic carbocycles. The Labute approximate surface area is 158 Å². The molecule has 0 aromatic heterocycles. The van der Waals surface area contributed by atoms with E-state index in [0.717, 1.165) is 48.3 Å². The molecule has 4 rings (SSSR count). The van der Waals surface area contributed by atoms with E-state index in [2.05, 4.69) is 5.32 Å². The summed E-state index contributed by atoms with van der Waals surface area (Å²) in [6.07, 6.45) is 3.12. The van der Waals surface area contributed by atoms with Crippen molar-refractivity contribution < 1.29 is 19.1 Å². The van der Waals surface area contributed by atoms with Gasteiger partial charge < -0.3 is 19.7 Å². The van der Waals surface area contributed by atoms with Gasteiger partial charge in [-0.05, 0) is 54.7 Å². The van der Waals surface area contributed by atoms with Crippen LogP contribution in [0.4, 0.5) is 11.4 Å². The Balaban J connectivity index is 1.47. The predicted molar refractivity (Wildman–Crippen MR) is 103 cm³/mol. The first-order chi connectivity index (χ1) is 13.2. The number of aryl methyl sites for hydroxylation is 2. The van der Waals surface area contributed by atoms with Crippen molar-refractivity contribution in [2.24, 2.45) is 0 Å². The zero-order valence-electron chi connectivity index (χ0n) is 15.3. The fourth-order valence-electron chi connectivity index (χ4n) is 3.80. The molecule has 0 saturated carbocycles. The Morgan fingerprint density at radius 2 is 1.85 bits per heavy atom. The van der Waals surface area contributed by atoms with Crippen LogP contribution in [0.1, 0.15) is 24.0 Å². The van der Waals surface area contributed by atoms with Crippen molar-refractivity contribution in [1.29, 1.82) is 0 Å². The van der Waals surface area contributed by atoms with E-state index in [4.69, 9.17) is 9.47 Å². The van der Waals surface area contributed by atoms with Gasteiger partial charge >= 0.3 is 0 Å². The van der Waals surface area contributed by atoms with Gasteiger partial charge in [0.15, 0.2) is 18.1 Å². The molecule has 6 nitrogen and oxygen atoms in total. The molecule has 27 heavy (non-hydrogen) atoms. The lowest BCUT2D eigenvalue weighted by Crippen LogP contribution is -2.39. The lowest BCUT2D eigenvalue weighted by atomic mass is 9.91. The number of hydrogen-bond acceptors (Lipinski definition) is 4. The summed E-state index contributed by atoms with van der Waals surface area (Å²) >= 11 is 0. The molecule has 0 radical (unpaired) electrons. The van der Waals surface area contributed by atoms with Crippen LogP contribution in [0.25, 0.3) is 0 Å². The minimum Gasteiger partial charge on any atom is -0.493 e. The third-order valence-corrected chi connectivity index (χ3v) is 4.99. The van der Waals surface area contributed by atoms with E-state index >= 15 is 0 Å². The van der Waals surface area contributed by atoms with Crippen molar-refractivity contribution in [3.8, 4) is 11.5 Å². The van der Waals surface area contributed by atoms with Gasteiger partial charge in [0.25, 0.3) is 5.91 Å². The second-order valence-corrected chi connectivity index (χ2v) is 6.78. The standard InChI is InChI=1S/C21H22N2O4/c1-26-17-6-2-3-7-18(17)27-13-19(24)22-16-11-14-5-4-10-23-20(25)9-8-15(12-16)21(14)23/h2-3,6-7,11-12H,4-5,8-10,13H2,1H3,(H,22,24). The minimum atomic E-state index is -0.229. The molecule has 2 aliphatic heterocycles. The van der Waals surface area contributed by atoms with E-state index in [1.807, 2.05) is 29.2 Å². The van der Waals surface area contributed by atoms with Crippen LogP contribution in [-0.2, 0) is 22.4 Å². The Morgan fingerprint density at radius 1 is 1.11 bits per heavy atom. The maximum absolute atomic E-state index is 12.3. The number of hydrogen-bond donors (Lipinski definition) is 1. The van der Waals surface area contributed by atoms with Crippen LogP contribution in [0.2, 0.25) is 0 Å². The normalized spacial score (nSPS) is 15.1. The zero-order valence-corrected chi connectivity index (χ0v) is 15.3. The van der Waals surface area contributed by atoms with Crippen molar-refractivity contribution in [3.63, 3.8) is 0 Å². The van der Waals surface area contributed by atoms with Crippen LogP contribution >= 0.6 is 0 Å². The second kappa shape index (κ2) is 7.31. The lowest BCUT2D eigenvalue weighted by Gasteiger charge is -2.35. The Morgan fingerprint density at radius 3 is 2.63 bits per heavy atom. The highest BCUT2D eigenvalue weighted by Gasteiger charge is 2.29. The quantitative estimate of drug-likeness (QED) is 0.883. The summed E-state index contributed by atoms with van der Waals surface area (Å²) in [7, 11) is 1.56. The van der Waals surface area contributed by atoms with Crippen molar-refractivity contribution in [1.82, 2.24) is 0 Å². The van der Waals surface area contributed by atoms with Crippen LogP contribution in [0, 0.1) is 0 Å². The Bertz CT molecular complexity index is 876. The number of methoxy groups -OCH3 is 1. The molecule has 2 heterocycles. The molecule has 0 spiro atoms. The highest BCUT2D eigenvalue weighted by atomic mass is 16.5. The first kappa shape index (κ1) is 17.4. The highest BCUT2D eigenvalue weighted by Crippen LogP contribution is 2.37. The molecule has 6 heteroatoms. The molecule has 1 N–H and O–H groups in total. The first-order valence-corrected chi connectivity index (χ1v) is 9.17. The fourth-order valence-corrected chi connectivity index (χ4v) is 3.80. The summed E-state index contributed by atoms with van der Waals surface area (Å²) in [5.41, 5.74) is 4.08. The van der Waals surface area contributed by atoms with Crippen molar-refractivity contribution in [2.75, 3.05) is 30.5 Å². The number of nitrogens with zero attached hydrogens (tertiary/aromatic N) is 1. The molecule has 2 aliphatic rings. The number of nitrogens with one attached hydrogen (secondary N) is 1. The maximum atomic E-state index is 12.3. The van der Waals surface area contributed by atoms with Gasteiger partial charge in [0.05, 0.1) is 12.8 Å². The van der Waals surface area contributed by atoms with E-state index in [9.17, 15) is 9.59 Å². The second-order valence-electron chi connectivity index (χ2n) is 6.78. The van der Waals surface area contributed by atoms with Crippen molar-refractivity contribution in [3.05, 3.63) is 47.5 Å².